The molecule has 1 aromatic heterocycles. The topological polar surface area (TPSA) is 77.5 Å². The van der Waals surface area contributed by atoms with Gasteiger partial charge in [-0.25, -0.2) is 9.78 Å². The number of carbonyl (C=O) groups is 2. The first kappa shape index (κ1) is 17.4. The minimum absolute atomic E-state index is 0.118. The Balaban J connectivity index is 1.77. The molecule has 1 saturated carbocycles. The van der Waals surface area contributed by atoms with Crippen molar-refractivity contribution in [3.63, 3.8) is 0 Å². The van der Waals surface area contributed by atoms with E-state index in [1.165, 1.54) is 32.4 Å². The highest BCUT2D eigenvalue weighted by molar-refractivity contribution is 5.94. The second-order valence-corrected chi connectivity index (χ2v) is 5.83. The predicted molar refractivity (Wildman–Crippen MR) is 85.3 cm³/mol. The van der Waals surface area contributed by atoms with E-state index in [1.807, 2.05) is 0 Å². The van der Waals surface area contributed by atoms with Crippen molar-refractivity contribution in [1.82, 2.24) is 10.3 Å². The minimum Gasteiger partial charge on any atom is -0.464 e. The number of nitrogens with zero attached hydrogens (tertiary/aromatic N) is 1. The van der Waals surface area contributed by atoms with Crippen LogP contribution < -0.4 is 5.32 Å². The van der Waals surface area contributed by atoms with Gasteiger partial charge in [0.05, 0.1) is 19.8 Å². The fourth-order valence-electron chi connectivity index (χ4n) is 2.77. The normalized spacial score (nSPS) is 20.8. The third kappa shape index (κ3) is 5.03. The van der Waals surface area contributed by atoms with E-state index in [0.29, 0.717) is 25.2 Å². The van der Waals surface area contributed by atoms with Gasteiger partial charge in [0.2, 0.25) is 0 Å². The molecule has 1 heterocycles. The van der Waals surface area contributed by atoms with E-state index in [1.54, 1.807) is 12.1 Å². The summed E-state index contributed by atoms with van der Waals surface area (Å²) in [5.74, 6) is -0.303. The van der Waals surface area contributed by atoms with Crippen molar-refractivity contribution in [2.45, 2.75) is 38.7 Å². The van der Waals surface area contributed by atoms with Crippen molar-refractivity contribution >= 4 is 11.9 Å². The predicted octanol–water partition coefficient (Wildman–Crippen LogP) is 2.19. The number of methoxy groups -OCH3 is 1. The van der Waals surface area contributed by atoms with Crippen LogP contribution in [0.3, 0.4) is 0 Å². The van der Waals surface area contributed by atoms with Crippen molar-refractivity contribution < 1.29 is 19.1 Å². The van der Waals surface area contributed by atoms with Crippen LogP contribution in [0.15, 0.2) is 18.2 Å². The van der Waals surface area contributed by atoms with E-state index < -0.39 is 5.97 Å². The molecular weight excluding hydrogens is 296 g/mol. The highest BCUT2D eigenvalue weighted by Crippen LogP contribution is 2.25. The molecule has 1 aliphatic rings. The summed E-state index contributed by atoms with van der Waals surface area (Å²) in [6.45, 7) is 3.12. The van der Waals surface area contributed by atoms with Crippen LogP contribution >= 0.6 is 0 Å². The fraction of sp³-hybridized carbons (Fsp3) is 0.588. The quantitative estimate of drug-likeness (QED) is 0.642. The first-order chi connectivity index (χ1) is 11.1. The zero-order valence-corrected chi connectivity index (χ0v) is 13.7. The zero-order chi connectivity index (χ0) is 16.7. The number of esters is 1. The van der Waals surface area contributed by atoms with Crippen LogP contribution in [0.2, 0.25) is 0 Å². The second-order valence-electron chi connectivity index (χ2n) is 5.83. The van der Waals surface area contributed by atoms with Gasteiger partial charge >= 0.3 is 5.97 Å². The monoisotopic (exact) mass is 320 g/mol. The van der Waals surface area contributed by atoms with E-state index in [9.17, 15) is 9.59 Å². The summed E-state index contributed by atoms with van der Waals surface area (Å²) in [4.78, 5) is 27.5. The zero-order valence-electron chi connectivity index (χ0n) is 13.7. The Labute approximate surface area is 136 Å². The van der Waals surface area contributed by atoms with Crippen molar-refractivity contribution in [3.05, 3.63) is 29.6 Å². The molecular formula is C17H24N2O4. The molecule has 0 aromatic carbocycles. The summed E-state index contributed by atoms with van der Waals surface area (Å²) >= 11 is 0. The van der Waals surface area contributed by atoms with Crippen LogP contribution in [0.5, 0.6) is 0 Å². The maximum Gasteiger partial charge on any atom is 0.356 e. The van der Waals surface area contributed by atoms with Crippen LogP contribution in [0.1, 0.15) is 53.6 Å². The van der Waals surface area contributed by atoms with Gasteiger partial charge in [0.15, 0.2) is 0 Å². The Hall–Kier alpha value is -1.95. The summed E-state index contributed by atoms with van der Waals surface area (Å²) in [5.41, 5.74) is 0.311. The van der Waals surface area contributed by atoms with Crippen molar-refractivity contribution in [1.29, 1.82) is 0 Å². The molecule has 0 radical (unpaired) electrons. The molecule has 1 N–H and O–H groups in total. The lowest BCUT2D eigenvalue weighted by molar-refractivity contribution is -0.00295. The van der Waals surface area contributed by atoms with Gasteiger partial charge in [-0.1, -0.05) is 25.8 Å². The van der Waals surface area contributed by atoms with Crippen LogP contribution in [0, 0.1) is 5.92 Å². The highest BCUT2D eigenvalue weighted by Gasteiger charge is 2.21. The van der Waals surface area contributed by atoms with Crippen LogP contribution in [-0.4, -0.2) is 43.2 Å². The average Bonchev–Trinajstić information content (AvgIpc) is 2.59. The Kier molecular flexibility index (Phi) is 6.52. The second kappa shape index (κ2) is 8.62. The lowest BCUT2D eigenvalue weighted by Crippen LogP contribution is -2.32. The lowest BCUT2D eigenvalue weighted by atomic mass is 9.88. The molecule has 1 aliphatic carbocycles. The van der Waals surface area contributed by atoms with Crippen LogP contribution in [0.25, 0.3) is 0 Å². The molecule has 0 spiro atoms. The number of ether oxygens (including phenoxy) is 2. The molecule has 6 nitrogen and oxygen atoms in total. The Morgan fingerprint density at radius 2 is 2.00 bits per heavy atom. The SMILES string of the molecule is COC(=O)c1cccc(C(=O)NCCO[C@H]2CCCC[C@@H]2C)n1. The van der Waals surface area contributed by atoms with Crippen LogP contribution in [0.4, 0.5) is 0 Å². The number of aromatic nitrogens is 1. The maximum atomic E-state index is 12.0. The number of carbonyl (C=O) groups excluding carboxylic acids is 2. The van der Waals surface area contributed by atoms with Crippen LogP contribution in [-0.2, 0) is 9.47 Å². The molecule has 1 amide bonds. The lowest BCUT2D eigenvalue weighted by Gasteiger charge is -2.28. The van der Waals surface area contributed by atoms with Gasteiger partial charge in [0, 0.05) is 6.54 Å². The molecule has 2 atom stereocenters. The number of pyridine rings is 1. The molecule has 126 valence electrons. The highest BCUT2D eigenvalue weighted by atomic mass is 16.5. The fourth-order valence-corrected chi connectivity index (χ4v) is 2.77. The summed E-state index contributed by atoms with van der Waals surface area (Å²) in [6.07, 6.45) is 5.09. The summed E-state index contributed by atoms with van der Waals surface area (Å²) in [5, 5.41) is 2.76. The summed E-state index contributed by atoms with van der Waals surface area (Å²) < 4.78 is 10.4. The average molecular weight is 320 g/mol. The van der Waals surface area contributed by atoms with E-state index in [0.717, 1.165) is 6.42 Å². The number of hydrogen-bond acceptors (Lipinski definition) is 5. The number of nitrogens with one attached hydrogen (secondary N) is 1. The first-order valence-electron chi connectivity index (χ1n) is 8.07. The number of amides is 1. The summed E-state index contributed by atoms with van der Waals surface area (Å²) in [6, 6.07) is 4.68. The van der Waals surface area contributed by atoms with Crippen molar-refractivity contribution in [2.24, 2.45) is 5.92 Å². The third-order valence-electron chi connectivity index (χ3n) is 4.13. The van der Waals surface area contributed by atoms with Gasteiger partial charge in [-0.05, 0) is 30.9 Å². The van der Waals surface area contributed by atoms with E-state index in [4.69, 9.17) is 4.74 Å². The molecule has 0 bridgehead atoms. The van der Waals surface area contributed by atoms with Gasteiger partial charge in [0.25, 0.3) is 5.91 Å². The molecule has 6 heteroatoms. The van der Waals surface area contributed by atoms with Gasteiger partial charge in [0.1, 0.15) is 11.4 Å². The molecule has 1 aromatic rings. The smallest absolute Gasteiger partial charge is 0.356 e. The first-order valence-corrected chi connectivity index (χ1v) is 8.07. The van der Waals surface area contributed by atoms with Gasteiger partial charge in [-0.2, -0.15) is 0 Å². The molecule has 0 aliphatic heterocycles. The number of rotatable bonds is 6. The standard InChI is InChI=1S/C17H24N2O4/c1-12-6-3-4-9-15(12)23-11-10-18-16(20)13-7-5-8-14(19-13)17(21)22-2/h5,7-8,12,15H,3-4,6,9-11H2,1-2H3,(H,18,20)/t12-,15-/m0/s1. The summed E-state index contributed by atoms with van der Waals surface area (Å²) in [7, 11) is 1.28. The molecule has 0 saturated heterocycles. The maximum absolute atomic E-state index is 12.0. The van der Waals surface area contributed by atoms with Gasteiger partial charge in [-0.3, -0.25) is 4.79 Å². The molecule has 2 rings (SSSR count). The minimum atomic E-state index is -0.561. The van der Waals surface area contributed by atoms with Crippen molar-refractivity contribution in [3.8, 4) is 0 Å². The number of hydrogen-bond donors (Lipinski definition) is 1. The third-order valence-corrected chi connectivity index (χ3v) is 4.13. The molecule has 1 fully saturated rings. The van der Waals surface area contributed by atoms with E-state index >= 15 is 0 Å². The Bertz CT molecular complexity index is 547. The van der Waals surface area contributed by atoms with Gasteiger partial charge in [-0.15, -0.1) is 0 Å². The van der Waals surface area contributed by atoms with E-state index in [-0.39, 0.29) is 17.3 Å². The Morgan fingerprint density at radius 1 is 1.26 bits per heavy atom. The largest absolute Gasteiger partial charge is 0.464 e. The Morgan fingerprint density at radius 3 is 2.74 bits per heavy atom. The van der Waals surface area contributed by atoms with Gasteiger partial charge < -0.3 is 14.8 Å². The van der Waals surface area contributed by atoms with Crippen molar-refractivity contribution in [2.75, 3.05) is 20.3 Å². The molecule has 0 unspecified atom stereocenters. The molecule has 23 heavy (non-hydrogen) atoms. The van der Waals surface area contributed by atoms with E-state index in [2.05, 4.69) is 22.0 Å².